The van der Waals surface area contributed by atoms with E-state index in [2.05, 4.69) is 33.1 Å². The Balaban J connectivity index is 1.92. The van der Waals surface area contributed by atoms with Crippen LogP contribution in [0.3, 0.4) is 0 Å². The van der Waals surface area contributed by atoms with Crippen molar-refractivity contribution >= 4 is 39.1 Å². The van der Waals surface area contributed by atoms with E-state index in [1.807, 2.05) is 6.07 Å². The van der Waals surface area contributed by atoms with Gasteiger partial charge in [-0.15, -0.1) is 0 Å². The Morgan fingerprint density at radius 3 is 2.95 bits per heavy atom. The van der Waals surface area contributed by atoms with Crippen LogP contribution in [-0.2, 0) is 4.79 Å². The van der Waals surface area contributed by atoms with E-state index in [4.69, 9.17) is 17.3 Å². The van der Waals surface area contributed by atoms with Gasteiger partial charge in [0, 0.05) is 23.6 Å². The van der Waals surface area contributed by atoms with Gasteiger partial charge in [0.05, 0.1) is 17.3 Å². The molecule has 1 aromatic rings. The first kappa shape index (κ1) is 15.8. The number of carbonyl (C=O) groups is 1. The van der Waals surface area contributed by atoms with Crippen LogP contribution in [0.15, 0.2) is 22.7 Å². The smallest absolute Gasteiger partial charge is 0.238 e. The predicted octanol–water partition coefficient (Wildman–Crippen LogP) is 2.71. The molecular formula is C14H19BrClN3O. The van der Waals surface area contributed by atoms with Gasteiger partial charge >= 0.3 is 0 Å². The second-order valence-electron chi connectivity index (χ2n) is 5.47. The van der Waals surface area contributed by atoms with Gasteiger partial charge in [0.1, 0.15) is 0 Å². The Hall–Kier alpha value is -0.620. The number of piperidine rings is 1. The van der Waals surface area contributed by atoms with Crippen LogP contribution in [0.1, 0.15) is 13.3 Å². The molecule has 1 heterocycles. The van der Waals surface area contributed by atoms with Gasteiger partial charge in [0.15, 0.2) is 0 Å². The highest BCUT2D eigenvalue weighted by Crippen LogP contribution is 2.25. The van der Waals surface area contributed by atoms with Gasteiger partial charge in [0.25, 0.3) is 0 Å². The number of anilines is 1. The Kier molecular flexibility index (Phi) is 5.43. The number of nitrogens with zero attached hydrogens (tertiary/aromatic N) is 1. The minimum atomic E-state index is -0.0597. The van der Waals surface area contributed by atoms with E-state index < -0.39 is 0 Å². The van der Waals surface area contributed by atoms with Gasteiger partial charge < -0.3 is 11.1 Å². The monoisotopic (exact) mass is 359 g/mol. The molecule has 1 aliphatic heterocycles. The molecule has 6 heteroatoms. The van der Waals surface area contributed by atoms with E-state index in [1.165, 1.54) is 0 Å². The van der Waals surface area contributed by atoms with Gasteiger partial charge in [-0.1, -0.05) is 34.5 Å². The van der Waals surface area contributed by atoms with E-state index in [0.717, 1.165) is 24.0 Å². The zero-order valence-electron chi connectivity index (χ0n) is 11.4. The number of hydrogen-bond acceptors (Lipinski definition) is 3. The highest BCUT2D eigenvalue weighted by Gasteiger charge is 2.23. The summed E-state index contributed by atoms with van der Waals surface area (Å²) in [6.07, 6.45) is 1.02. The van der Waals surface area contributed by atoms with Crippen LogP contribution in [-0.4, -0.2) is 36.5 Å². The molecule has 0 radical (unpaired) electrons. The normalized spacial score (nSPS) is 23.6. The lowest BCUT2D eigenvalue weighted by Gasteiger charge is -2.34. The summed E-state index contributed by atoms with van der Waals surface area (Å²) in [5.74, 6) is 0.471. The summed E-state index contributed by atoms with van der Waals surface area (Å²) in [6.45, 7) is 4.20. The van der Waals surface area contributed by atoms with Crippen molar-refractivity contribution in [3.05, 3.63) is 27.7 Å². The van der Waals surface area contributed by atoms with Gasteiger partial charge in [-0.05, 0) is 30.5 Å². The van der Waals surface area contributed by atoms with Gasteiger partial charge in [-0.3, -0.25) is 9.69 Å². The third-order valence-electron chi connectivity index (χ3n) is 3.34. The van der Waals surface area contributed by atoms with E-state index >= 15 is 0 Å². The largest absolute Gasteiger partial charge is 0.327 e. The van der Waals surface area contributed by atoms with Crippen molar-refractivity contribution in [2.45, 2.75) is 19.4 Å². The number of likely N-dealkylation sites (tertiary alicyclic amines) is 1. The fourth-order valence-corrected chi connectivity index (χ4v) is 3.35. The fraction of sp³-hybridized carbons (Fsp3) is 0.500. The topological polar surface area (TPSA) is 58.4 Å². The van der Waals surface area contributed by atoms with Crippen LogP contribution >= 0.6 is 27.5 Å². The van der Waals surface area contributed by atoms with E-state index in [9.17, 15) is 4.79 Å². The first-order chi connectivity index (χ1) is 9.44. The number of rotatable bonds is 3. The summed E-state index contributed by atoms with van der Waals surface area (Å²) in [6, 6.07) is 5.55. The van der Waals surface area contributed by atoms with Crippen molar-refractivity contribution in [3.8, 4) is 0 Å². The minimum Gasteiger partial charge on any atom is -0.327 e. The molecule has 0 spiro atoms. The molecule has 110 valence electrons. The number of carbonyl (C=O) groups excluding carboxylic acids is 1. The summed E-state index contributed by atoms with van der Waals surface area (Å²) < 4.78 is 0.885. The maximum atomic E-state index is 12.1. The van der Waals surface area contributed by atoms with Crippen LogP contribution in [0.5, 0.6) is 0 Å². The van der Waals surface area contributed by atoms with Crippen molar-refractivity contribution in [1.82, 2.24) is 4.90 Å². The Morgan fingerprint density at radius 1 is 1.55 bits per heavy atom. The molecule has 1 aromatic carbocycles. The van der Waals surface area contributed by atoms with Crippen LogP contribution in [0.2, 0.25) is 5.02 Å². The van der Waals surface area contributed by atoms with Crippen LogP contribution in [0, 0.1) is 5.92 Å². The molecular weight excluding hydrogens is 342 g/mol. The van der Waals surface area contributed by atoms with Gasteiger partial charge in [-0.25, -0.2) is 0 Å². The molecule has 1 saturated heterocycles. The molecule has 2 atom stereocenters. The van der Waals surface area contributed by atoms with Crippen molar-refractivity contribution in [2.24, 2.45) is 11.7 Å². The average Bonchev–Trinajstić information content (AvgIpc) is 2.31. The zero-order valence-corrected chi connectivity index (χ0v) is 13.7. The average molecular weight is 361 g/mol. The highest BCUT2D eigenvalue weighted by atomic mass is 79.9. The molecule has 2 unspecified atom stereocenters. The molecule has 1 fully saturated rings. The number of halogens is 2. The van der Waals surface area contributed by atoms with Crippen LogP contribution in [0.25, 0.3) is 0 Å². The minimum absolute atomic E-state index is 0.0597. The molecule has 4 nitrogen and oxygen atoms in total. The van der Waals surface area contributed by atoms with Crippen LogP contribution in [0.4, 0.5) is 5.69 Å². The molecule has 2 rings (SSSR count). The Morgan fingerprint density at radius 2 is 2.30 bits per heavy atom. The molecule has 0 aliphatic carbocycles. The maximum Gasteiger partial charge on any atom is 0.238 e. The van der Waals surface area contributed by atoms with Crippen molar-refractivity contribution in [1.29, 1.82) is 0 Å². The lowest BCUT2D eigenvalue weighted by atomic mass is 9.97. The summed E-state index contributed by atoms with van der Waals surface area (Å²) in [4.78, 5) is 14.2. The predicted molar refractivity (Wildman–Crippen MR) is 86.0 cm³/mol. The Labute approximate surface area is 132 Å². The molecule has 1 amide bonds. The zero-order chi connectivity index (χ0) is 14.7. The second-order valence-corrected chi connectivity index (χ2v) is 6.79. The van der Waals surface area contributed by atoms with Crippen molar-refractivity contribution in [3.63, 3.8) is 0 Å². The summed E-state index contributed by atoms with van der Waals surface area (Å²) >= 11 is 9.42. The standard InChI is InChI=1S/C14H19BrClN3O/c1-9-4-11(17)7-19(6-9)8-14(20)18-13-3-2-10(15)5-12(13)16/h2-3,5,9,11H,4,6-8,17H2,1H3,(H,18,20). The lowest BCUT2D eigenvalue weighted by molar-refractivity contribution is -0.117. The summed E-state index contributed by atoms with van der Waals surface area (Å²) in [7, 11) is 0. The number of nitrogens with one attached hydrogen (secondary N) is 1. The van der Waals surface area contributed by atoms with Gasteiger partial charge in [0.2, 0.25) is 5.91 Å². The van der Waals surface area contributed by atoms with E-state index in [0.29, 0.717) is 23.2 Å². The van der Waals surface area contributed by atoms with Crippen LogP contribution < -0.4 is 11.1 Å². The van der Waals surface area contributed by atoms with E-state index in [1.54, 1.807) is 12.1 Å². The van der Waals surface area contributed by atoms with E-state index in [-0.39, 0.29) is 11.9 Å². The number of hydrogen-bond donors (Lipinski definition) is 2. The van der Waals surface area contributed by atoms with Crippen molar-refractivity contribution in [2.75, 3.05) is 25.0 Å². The molecule has 1 aliphatic rings. The summed E-state index contributed by atoms with van der Waals surface area (Å²) in [5.41, 5.74) is 6.62. The molecule has 0 bridgehead atoms. The lowest BCUT2D eigenvalue weighted by Crippen LogP contribution is -2.48. The third-order valence-corrected chi connectivity index (χ3v) is 4.15. The third kappa shape index (κ3) is 4.45. The van der Waals surface area contributed by atoms with Crippen molar-refractivity contribution < 1.29 is 4.79 Å². The SMILES string of the molecule is CC1CC(N)CN(CC(=O)Nc2ccc(Br)cc2Cl)C1. The molecule has 0 aromatic heterocycles. The molecule has 20 heavy (non-hydrogen) atoms. The Bertz CT molecular complexity index is 487. The fourth-order valence-electron chi connectivity index (χ4n) is 2.63. The highest BCUT2D eigenvalue weighted by molar-refractivity contribution is 9.10. The number of benzene rings is 1. The van der Waals surface area contributed by atoms with Gasteiger partial charge in [-0.2, -0.15) is 0 Å². The first-order valence-electron chi connectivity index (χ1n) is 6.67. The maximum absolute atomic E-state index is 12.1. The molecule has 0 saturated carbocycles. The summed E-state index contributed by atoms with van der Waals surface area (Å²) in [5, 5.41) is 3.36. The first-order valence-corrected chi connectivity index (χ1v) is 7.84. The number of nitrogens with two attached hydrogens (primary N) is 1. The molecule has 3 N–H and O–H groups in total. The second kappa shape index (κ2) is 6.89. The quantitative estimate of drug-likeness (QED) is 0.871. The number of amides is 1.